The van der Waals surface area contributed by atoms with Gasteiger partial charge in [0.05, 0.1) is 5.41 Å². The van der Waals surface area contributed by atoms with Crippen molar-refractivity contribution >= 4 is 11.6 Å². The van der Waals surface area contributed by atoms with E-state index < -0.39 is 11.6 Å². The van der Waals surface area contributed by atoms with E-state index in [9.17, 15) is 13.2 Å². The van der Waals surface area contributed by atoms with E-state index >= 15 is 0 Å². The predicted octanol–water partition coefficient (Wildman–Crippen LogP) is 2.96. The molecule has 1 aliphatic rings. The average molecular weight is 173 g/mol. The van der Waals surface area contributed by atoms with Crippen molar-refractivity contribution in [2.24, 2.45) is 5.41 Å². The van der Waals surface area contributed by atoms with Crippen LogP contribution in [0.4, 0.5) is 13.2 Å². The number of alkyl halides is 4. The van der Waals surface area contributed by atoms with E-state index in [-0.39, 0.29) is 18.7 Å². The second-order valence-electron chi connectivity index (χ2n) is 2.77. The molecular weight excluding hydrogens is 165 g/mol. The van der Waals surface area contributed by atoms with E-state index in [1.165, 1.54) is 0 Å². The van der Waals surface area contributed by atoms with Crippen molar-refractivity contribution in [1.29, 1.82) is 0 Å². The summed E-state index contributed by atoms with van der Waals surface area (Å²) in [6.45, 7) is 0. The topological polar surface area (TPSA) is 0 Å². The first kappa shape index (κ1) is 8.18. The van der Waals surface area contributed by atoms with Crippen molar-refractivity contribution in [2.75, 3.05) is 5.88 Å². The lowest BCUT2D eigenvalue weighted by Crippen LogP contribution is -2.45. The second kappa shape index (κ2) is 2.29. The molecule has 0 aromatic carbocycles. The quantitative estimate of drug-likeness (QED) is 0.534. The molecule has 0 radical (unpaired) electrons. The van der Waals surface area contributed by atoms with Crippen molar-refractivity contribution in [1.82, 2.24) is 0 Å². The summed E-state index contributed by atoms with van der Waals surface area (Å²) in [6, 6.07) is 0. The maximum absolute atomic E-state index is 12.1. The summed E-state index contributed by atoms with van der Waals surface area (Å²) >= 11 is 5.22. The van der Waals surface area contributed by atoms with E-state index in [0.29, 0.717) is 6.42 Å². The van der Waals surface area contributed by atoms with Crippen LogP contribution in [0.15, 0.2) is 0 Å². The molecule has 0 nitrogen and oxygen atoms in total. The van der Waals surface area contributed by atoms with Crippen LogP contribution in [0.1, 0.15) is 19.3 Å². The third-order valence-electron chi connectivity index (χ3n) is 2.17. The molecule has 0 aromatic heterocycles. The molecule has 0 heterocycles. The smallest absolute Gasteiger partial charge is 0.170 e. The third kappa shape index (κ3) is 1.00. The Labute approximate surface area is 62.4 Å². The standard InChI is InChI=1S/C6H8ClF3/c7-4-5(2-1-3-5)6(8,9)10/h1-4H2. The van der Waals surface area contributed by atoms with Crippen molar-refractivity contribution in [2.45, 2.75) is 25.4 Å². The number of hydrogen-bond acceptors (Lipinski definition) is 0. The van der Waals surface area contributed by atoms with Crippen LogP contribution in [-0.2, 0) is 0 Å². The van der Waals surface area contributed by atoms with Gasteiger partial charge in [-0.2, -0.15) is 13.2 Å². The maximum Gasteiger partial charge on any atom is 0.395 e. The highest BCUT2D eigenvalue weighted by atomic mass is 35.5. The van der Waals surface area contributed by atoms with Crippen LogP contribution in [0.3, 0.4) is 0 Å². The largest absolute Gasteiger partial charge is 0.395 e. The monoisotopic (exact) mass is 172 g/mol. The molecule has 1 rings (SSSR count). The zero-order chi connectivity index (χ0) is 7.83. The molecule has 0 saturated heterocycles. The van der Waals surface area contributed by atoms with Gasteiger partial charge in [-0.1, -0.05) is 6.42 Å². The van der Waals surface area contributed by atoms with Crippen LogP contribution >= 0.6 is 11.6 Å². The number of rotatable bonds is 1. The summed E-state index contributed by atoms with van der Waals surface area (Å²) in [5, 5.41) is 0. The number of halogens is 4. The average Bonchev–Trinajstić information content (AvgIpc) is 1.58. The zero-order valence-electron chi connectivity index (χ0n) is 5.34. The first-order chi connectivity index (χ1) is 4.52. The highest BCUT2D eigenvalue weighted by Crippen LogP contribution is 2.53. The molecule has 1 fully saturated rings. The Morgan fingerprint density at radius 3 is 1.80 bits per heavy atom. The van der Waals surface area contributed by atoms with E-state index in [4.69, 9.17) is 11.6 Å². The van der Waals surface area contributed by atoms with Gasteiger partial charge >= 0.3 is 6.18 Å². The van der Waals surface area contributed by atoms with Crippen LogP contribution in [0.25, 0.3) is 0 Å². The van der Waals surface area contributed by atoms with Crippen molar-refractivity contribution in [3.8, 4) is 0 Å². The van der Waals surface area contributed by atoms with Crippen molar-refractivity contribution in [3.05, 3.63) is 0 Å². The van der Waals surface area contributed by atoms with E-state index in [0.717, 1.165) is 0 Å². The lowest BCUT2D eigenvalue weighted by Gasteiger charge is -2.41. The molecular formula is C6H8ClF3. The minimum atomic E-state index is -4.09. The third-order valence-corrected chi connectivity index (χ3v) is 2.68. The molecule has 0 aromatic rings. The highest BCUT2D eigenvalue weighted by Gasteiger charge is 2.57. The second-order valence-corrected chi connectivity index (χ2v) is 3.03. The highest BCUT2D eigenvalue weighted by molar-refractivity contribution is 6.18. The molecule has 0 aliphatic heterocycles. The molecule has 60 valence electrons. The van der Waals surface area contributed by atoms with E-state index in [1.807, 2.05) is 0 Å². The summed E-state index contributed by atoms with van der Waals surface area (Å²) in [5.74, 6) is -0.281. The Hall–Kier alpha value is 0.0800. The summed E-state index contributed by atoms with van der Waals surface area (Å²) in [6.07, 6.45) is -3.01. The van der Waals surface area contributed by atoms with Gasteiger partial charge in [-0.15, -0.1) is 11.6 Å². The molecule has 0 bridgehead atoms. The lowest BCUT2D eigenvalue weighted by atomic mass is 9.70. The number of hydrogen-bond donors (Lipinski definition) is 0. The lowest BCUT2D eigenvalue weighted by molar-refractivity contribution is -0.241. The van der Waals surface area contributed by atoms with Gasteiger partial charge in [-0.25, -0.2) is 0 Å². The Morgan fingerprint density at radius 1 is 1.30 bits per heavy atom. The SMILES string of the molecule is FC(F)(F)C1(CCl)CCC1. The molecule has 0 unspecified atom stereocenters. The normalized spacial score (nSPS) is 24.0. The zero-order valence-corrected chi connectivity index (χ0v) is 6.10. The van der Waals surface area contributed by atoms with Gasteiger partial charge in [-0.05, 0) is 12.8 Å². The molecule has 0 spiro atoms. The van der Waals surface area contributed by atoms with Crippen molar-refractivity contribution < 1.29 is 13.2 Å². The van der Waals surface area contributed by atoms with Crippen LogP contribution < -0.4 is 0 Å². The molecule has 0 N–H and O–H groups in total. The first-order valence-electron chi connectivity index (χ1n) is 3.14. The fraction of sp³-hybridized carbons (Fsp3) is 1.00. The molecule has 1 saturated carbocycles. The Kier molecular flexibility index (Phi) is 1.88. The Bertz CT molecular complexity index is 120. The fourth-order valence-corrected chi connectivity index (χ4v) is 1.52. The van der Waals surface area contributed by atoms with Gasteiger partial charge in [-0.3, -0.25) is 0 Å². The minimum absolute atomic E-state index is 0.208. The Balaban J connectivity index is 2.65. The fourth-order valence-electron chi connectivity index (χ4n) is 1.10. The Morgan fingerprint density at radius 2 is 1.80 bits per heavy atom. The van der Waals surface area contributed by atoms with Crippen LogP contribution in [0.5, 0.6) is 0 Å². The van der Waals surface area contributed by atoms with Gasteiger partial charge in [0.2, 0.25) is 0 Å². The molecule has 1 aliphatic carbocycles. The predicted molar refractivity (Wildman–Crippen MR) is 33.1 cm³/mol. The minimum Gasteiger partial charge on any atom is -0.170 e. The van der Waals surface area contributed by atoms with Crippen LogP contribution in [0.2, 0.25) is 0 Å². The molecule has 10 heavy (non-hydrogen) atoms. The maximum atomic E-state index is 12.1. The van der Waals surface area contributed by atoms with Gasteiger partial charge in [0, 0.05) is 5.88 Å². The first-order valence-corrected chi connectivity index (χ1v) is 3.68. The molecule has 0 atom stereocenters. The van der Waals surface area contributed by atoms with E-state index in [2.05, 4.69) is 0 Å². The van der Waals surface area contributed by atoms with Crippen molar-refractivity contribution in [3.63, 3.8) is 0 Å². The van der Waals surface area contributed by atoms with Crippen LogP contribution in [-0.4, -0.2) is 12.1 Å². The van der Waals surface area contributed by atoms with Gasteiger partial charge in [0.1, 0.15) is 0 Å². The van der Waals surface area contributed by atoms with Gasteiger partial charge in [0.25, 0.3) is 0 Å². The summed E-state index contributed by atoms with van der Waals surface area (Å²) < 4.78 is 36.2. The summed E-state index contributed by atoms with van der Waals surface area (Å²) in [7, 11) is 0. The summed E-state index contributed by atoms with van der Waals surface area (Å²) in [5.41, 5.74) is -1.53. The van der Waals surface area contributed by atoms with Gasteiger partial charge < -0.3 is 0 Å². The molecule has 4 heteroatoms. The van der Waals surface area contributed by atoms with Gasteiger partial charge in [0.15, 0.2) is 0 Å². The van der Waals surface area contributed by atoms with E-state index in [1.54, 1.807) is 0 Å². The summed E-state index contributed by atoms with van der Waals surface area (Å²) in [4.78, 5) is 0. The molecule has 0 amide bonds. The van der Waals surface area contributed by atoms with Crippen LogP contribution in [0, 0.1) is 5.41 Å².